The molecular weight excluding hydrogens is 494 g/mol. The highest BCUT2D eigenvalue weighted by molar-refractivity contribution is 9.10. The van der Waals surface area contributed by atoms with Crippen molar-refractivity contribution in [2.45, 2.75) is 0 Å². The van der Waals surface area contributed by atoms with Crippen molar-refractivity contribution in [2.24, 2.45) is 5.10 Å². The number of rotatable bonds is 7. The van der Waals surface area contributed by atoms with Gasteiger partial charge in [0.2, 0.25) is 17.8 Å². The lowest BCUT2D eigenvalue weighted by Crippen LogP contribution is -2.07. The summed E-state index contributed by atoms with van der Waals surface area (Å²) >= 11 is 9.29. The van der Waals surface area contributed by atoms with Crippen molar-refractivity contribution in [3.63, 3.8) is 0 Å². The average Bonchev–Trinajstić information content (AvgIpc) is 2.78. The van der Waals surface area contributed by atoms with Crippen LogP contribution in [0.2, 0.25) is 5.02 Å². The Balaban J connectivity index is 1.59. The smallest absolute Gasteiger partial charge is 0.250 e. The number of anilines is 5. The summed E-state index contributed by atoms with van der Waals surface area (Å²) in [7, 11) is 0. The van der Waals surface area contributed by atoms with E-state index in [1.165, 1.54) is 6.21 Å². The Hall–Kier alpha value is -3.69. The topological polar surface area (TPSA) is 107 Å². The van der Waals surface area contributed by atoms with Gasteiger partial charge in [0, 0.05) is 22.0 Å². The van der Waals surface area contributed by atoms with E-state index in [4.69, 9.17) is 11.6 Å². The maximum atomic E-state index is 10.1. The Labute approximate surface area is 197 Å². The SMILES string of the molecule is Oc1c(Br)cc(Cl)cc1C=NNc1nc(Nc2ccccc2)nc(Nc2ccccc2)n1. The summed E-state index contributed by atoms with van der Waals surface area (Å²) in [5, 5.41) is 21.0. The molecule has 0 saturated heterocycles. The van der Waals surface area contributed by atoms with Gasteiger partial charge in [0.15, 0.2) is 0 Å². The molecule has 160 valence electrons. The highest BCUT2D eigenvalue weighted by Gasteiger charge is 2.08. The summed E-state index contributed by atoms with van der Waals surface area (Å²) < 4.78 is 0.468. The van der Waals surface area contributed by atoms with Crippen LogP contribution in [-0.4, -0.2) is 26.3 Å². The quantitative estimate of drug-likeness (QED) is 0.180. The molecule has 10 heteroatoms. The van der Waals surface area contributed by atoms with Gasteiger partial charge in [-0.2, -0.15) is 20.1 Å². The van der Waals surface area contributed by atoms with E-state index in [0.717, 1.165) is 11.4 Å². The first kappa shape index (κ1) is 21.5. The number of hydrazone groups is 1. The Morgan fingerprint density at radius 3 is 1.91 bits per heavy atom. The van der Waals surface area contributed by atoms with E-state index in [-0.39, 0.29) is 11.7 Å². The molecule has 0 aliphatic carbocycles. The number of phenols is 1. The van der Waals surface area contributed by atoms with Crippen molar-refractivity contribution in [1.29, 1.82) is 0 Å². The number of nitrogens with zero attached hydrogens (tertiary/aromatic N) is 4. The number of phenolic OH excluding ortho intramolecular Hbond substituents is 1. The largest absolute Gasteiger partial charge is 0.506 e. The number of hydrogen-bond acceptors (Lipinski definition) is 8. The molecule has 0 aliphatic rings. The molecule has 1 aromatic heterocycles. The van der Waals surface area contributed by atoms with Crippen LogP contribution in [0.4, 0.5) is 29.2 Å². The fourth-order valence-electron chi connectivity index (χ4n) is 2.68. The molecule has 0 unspecified atom stereocenters. The standard InChI is InChI=1S/C22H17BrClN7O/c23-18-12-15(24)11-14(19(18)32)13-25-31-22-29-20(26-16-7-3-1-4-8-16)28-21(30-22)27-17-9-5-2-6-10-17/h1-13,32H,(H3,26,27,28,29,30,31). The van der Waals surface area contributed by atoms with Crippen molar-refractivity contribution >= 4 is 63.0 Å². The molecule has 0 aliphatic heterocycles. The third kappa shape index (κ3) is 5.71. The second-order valence-electron chi connectivity index (χ2n) is 6.48. The van der Waals surface area contributed by atoms with E-state index in [0.29, 0.717) is 27.0 Å². The number of benzene rings is 3. The molecule has 0 saturated carbocycles. The molecule has 1 heterocycles. The van der Waals surface area contributed by atoms with Gasteiger partial charge in [-0.15, -0.1) is 0 Å². The maximum absolute atomic E-state index is 10.1. The zero-order valence-electron chi connectivity index (χ0n) is 16.5. The van der Waals surface area contributed by atoms with Crippen LogP contribution in [-0.2, 0) is 0 Å². The van der Waals surface area contributed by atoms with E-state index in [1.54, 1.807) is 12.1 Å². The average molecular weight is 511 g/mol. The molecule has 0 fully saturated rings. The van der Waals surface area contributed by atoms with E-state index in [1.807, 2.05) is 60.7 Å². The van der Waals surface area contributed by atoms with Crippen LogP contribution >= 0.6 is 27.5 Å². The molecule has 0 bridgehead atoms. The molecular formula is C22H17BrClN7O. The number of nitrogens with one attached hydrogen (secondary N) is 3. The van der Waals surface area contributed by atoms with E-state index in [9.17, 15) is 5.11 Å². The second kappa shape index (κ2) is 10.1. The van der Waals surface area contributed by atoms with Gasteiger partial charge in [0.25, 0.3) is 0 Å². The lowest BCUT2D eigenvalue weighted by molar-refractivity contribution is 0.471. The van der Waals surface area contributed by atoms with Crippen molar-refractivity contribution in [2.75, 3.05) is 16.1 Å². The predicted octanol–water partition coefficient (Wildman–Crippen LogP) is 5.93. The van der Waals surface area contributed by atoms with Gasteiger partial charge in [0.1, 0.15) is 5.75 Å². The van der Waals surface area contributed by atoms with Gasteiger partial charge in [-0.05, 0) is 52.3 Å². The minimum absolute atomic E-state index is 0.0217. The lowest BCUT2D eigenvalue weighted by Gasteiger charge is -2.10. The molecule has 0 spiro atoms. The normalized spacial score (nSPS) is 10.8. The van der Waals surface area contributed by atoms with Crippen LogP contribution in [0.5, 0.6) is 5.75 Å². The summed E-state index contributed by atoms with van der Waals surface area (Å²) in [6, 6.07) is 22.3. The molecule has 0 atom stereocenters. The first-order valence-corrected chi connectivity index (χ1v) is 10.6. The summed E-state index contributed by atoms with van der Waals surface area (Å²) in [4.78, 5) is 13.2. The molecule has 32 heavy (non-hydrogen) atoms. The fourth-order valence-corrected chi connectivity index (χ4v) is 3.52. The first-order valence-electron chi connectivity index (χ1n) is 9.44. The number of hydrogen-bond donors (Lipinski definition) is 4. The van der Waals surface area contributed by atoms with Crippen LogP contribution < -0.4 is 16.1 Å². The first-order chi connectivity index (χ1) is 15.6. The summed E-state index contributed by atoms with van der Waals surface area (Å²) in [6.45, 7) is 0. The summed E-state index contributed by atoms with van der Waals surface area (Å²) in [5.74, 6) is 0.883. The maximum Gasteiger partial charge on any atom is 0.250 e. The Kier molecular flexibility index (Phi) is 6.78. The predicted molar refractivity (Wildman–Crippen MR) is 131 cm³/mol. The molecule has 4 aromatic rings. The van der Waals surface area contributed by atoms with Crippen LogP contribution in [0.1, 0.15) is 5.56 Å². The Morgan fingerprint density at radius 2 is 1.34 bits per heavy atom. The molecule has 0 radical (unpaired) electrons. The van der Waals surface area contributed by atoms with Gasteiger partial charge in [-0.3, -0.25) is 0 Å². The van der Waals surface area contributed by atoms with Gasteiger partial charge >= 0.3 is 0 Å². The molecule has 4 N–H and O–H groups in total. The third-order valence-corrected chi connectivity index (χ3v) is 4.94. The minimum Gasteiger partial charge on any atom is -0.506 e. The Bertz CT molecular complexity index is 1180. The van der Waals surface area contributed by atoms with E-state index >= 15 is 0 Å². The number of para-hydroxylation sites is 2. The summed E-state index contributed by atoms with van der Waals surface area (Å²) in [6.07, 6.45) is 1.42. The lowest BCUT2D eigenvalue weighted by atomic mass is 10.2. The van der Waals surface area contributed by atoms with Crippen LogP contribution in [0.25, 0.3) is 0 Å². The Morgan fingerprint density at radius 1 is 0.812 bits per heavy atom. The van der Waals surface area contributed by atoms with Crippen molar-refractivity contribution < 1.29 is 5.11 Å². The van der Waals surface area contributed by atoms with Gasteiger partial charge in [-0.1, -0.05) is 48.0 Å². The molecule has 4 rings (SSSR count). The van der Waals surface area contributed by atoms with Gasteiger partial charge in [-0.25, -0.2) is 5.43 Å². The van der Waals surface area contributed by atoms with E-state index in [2.05, 4.69) is 52.0 Å². The van der Waals surface area contributed by atoms with Gasteiger partial charge in [0.05, 0.1) is 10.7 Å². The molecule has 0 amide bonds. The zero-order chi connectivity index (χ0) is 22.3. The molecule has 3 aromatic carbocycles. The van der Waals surface area contributed by atoms with E-state index < -0.39 is 0 Å². The second-order valence-corrected chi connectivity index (χ2v) is 7.77. The van der Waals surface area contributed by atoms with Crippen LogP contribution in [0.15, 0.2) is 82.4 Å². The molecule has 8 nitrogen and oxygen atoms in total. The fraction of sp³-hybridized carbons (Fsp3) is 0. The number of aromatic hydroxyl groups is 1. The number of halogens is 2. The van der Waals surface area contributed by atoms with Gasteiger partial charge < -0.3 is 15.7 Å². The number of aromatic nitrogens is 3. The zero-order valence-corrected chi connectivity index (χ0v) is 18.8. The van der Waals surface area contributed by atoms with Crippen molar-refractivity contribution in [1.82, 2.24) is 15.0 Å². The van der Waals surface area contributed by atoms with Crippen LogP contribution in [0.3, 0.4) is 0 Å². The highest BCUT2D eigenvalue weighted by Crippen LogP contribution is 2.30. The minimum atomic E-state index is 0.0217. The van der Waals surface area contributed by atoms with Crippen molar-refractivity contribution in [3.8, 4) is 5.75 Å². The highest BCUT2D eigenvalue weighted by atomic mass is 79.9. The summed E-state index contributed by atoms with van der Waals surface area (Å²) in [5.41, 5.74) is 4.85. The van der Waals surface area contributed by atoms with Crippen LogP contribution in [0, 0.1) is 0 Å². The van der Waals surface area contributed by atoms with Crippen molar-refractivity contribution in [3.05, 3.63) is 87.9 Å². The monoisotopic (exact) mass is 509 g/mol. The third-order valence-electron chi connectivity index (χ3n) is 4.12.